The number of nitrogens with two attached hydrogens (primary N) is 2. The summed E-state index contributed by atoms with van der Waals surface area (Å²) in [6, 6.07) is 7.74. The SMILES string of the molecule is NC(N)=NN=Cc1cccc(OC2CCCC2)c1. The summed E-state index contributed by atoms with van der Waals surface area (Å²) in [5, 5.41) is 7.33. The fourth-order valence-electron chi connectivity index (χ4n) is 2.03. The molecule has 1 aromatic carbocycles. The van der Waals surface area contributed by atoms with Crippen molar-refractivity contribution < 1.29 is 4.74 Å². The van der Waals surface area contributed by atoms with Crippen LogP contribution in [0.1, 0.15) is 31.2 Å². The van der Waals surface area contributed by atoms with Gasteiger partial charge in [0.2, 0.25) is 5.96 Å². The topological polar surface area (TPSA) is 86.0 Å². The van der Waals surface area contributed by atoms with Gasteiger partial charge in [-0.05, 0) is 43.4 Å². The fourth-order valence-corrected chi connectivity index (χ4v) is 2.03. The molecular formula is C13H18N4O. The van der Waals surface area contributed by atoms with E-state index in [1.807, 2.05) is 24.3 Å². The second kappa shape index (κ2) is 6.05. The quantitative estimate of drug-likeness (QED) is 0.481. The molecule has 0 aliphatic heterocycles. The lowest BCUT2D eigenvalue weighted by atomic mass is 10.2. The van der Waals surface area contributed by atoms with Crippen LogP contribution in [0, 0.1) is 0 Å². The average Bonchev–Trinajstić information content (AvgIpc) is 2.82. The Morgan fingerprint density at radius 2 is 2.06 bits per heavy atom. The van der Waals surface area contributed by atoms with Gasteiger partial charge in [0.25, 0.3) is 0 Å². The van der Waals surface area contributed by atoms with E-state index < -0.39 is 0 Å². The van der Waals surface area contributed by atoms with Gasteiger partial charge < -0.3 is 16.2 Å². The summed E-state index contributed by atoms with van der Waals surface area (Å²) < 4.78 is 5.90. The van der Waals surface area contributed by atoms with Crippen molar-refractivity contribution in [2.45, 2.75) is 31.8 Å². The highest BCUT2D eigenvalue weighted by atomic mass is 16.5. The Morgan fingerprint density at radius 1 is 1.28 bits per heavy atom. The van der Waals surface area contributed by atoms with Crippen molar-refractivity contribution >= 4 is 12.2 Å². The third kappa shape index (κ3) is 3.76. The van der Waals surface area contributed by atoms with E-state index in [1.54, 1.807) is 6.21 Å². The molecule has 2 rings (SSSR count). The van der Waals surface area contributed by atoms with Crippen LogP contribution in [0.15, 0.2) is 34.5 Å². The maximum absolute atomic E-state index is 5.90. The minimum Gasteiger partial charge on any atom is -0.490 e. The van der Waals surface area contributed by atoms with Crippen LogP contribution >= 0.6 is 0 Å². The largest absolute Gasteiger partial charge is 0.490 e. The molecule has 0 heterocycles. The van der Waals surface area contributed by atoms with Gasteiger partial charge in [-0.25, -0.2) is 0 Å². The highest BCUT2D eigenvalue weighted by molar-refractivity contribution is 5.81. The summed E-state index contributed by atoms with van der Waals surface area (Å²) >= 11 is 0. The van der Waals surface area contributed by atoms with E-state index in [0.717, 1.165) is 24.2 Å². The van der Waals surface area contributed by atoms with E-state index in [9.17, 15) is 0 Å². The number of hydrogen-bond acceptors (Lipinski definition) is 3. The predicted molar refractivity (Wildman–Crippen MR) is 72.7 cm³/mol. The Hall–Kier alpha value is -2.04. The summed E-state index contributed by atoms with van der Waals surface area (Å²) in [5.74, 6) is 0.820. The lowest BCUT2D eigenvalue weighted by molar-refractivity contribution is 0.210. The summed E-state index contributed by atoms with van der Waals surface area (Å²) in [6.45, 7) is 0. The standard InChI is InChI=1S/C13H18N4O/c14-13(15)17-16-9-10-4-3-7-12(8-10)18-11-5-1-2-6-11/h3-4,7-9,11H,1-2,5-6H2,(H4,14,15,17). The van der Waals surface area contributed by atoms with Gasteiger partial charge in [-0.15, -0.1) is 5.10 Å². The zero-order valence-corrected chi connectivity index (χ0v) is 10.2. The zero-order valence-electron chi connectivity index (χ0n) is 10.2. The molecule has 0 radical (unpaired) electrons. The van der Waals surface area contributed by atoms with Gasteiger partial charge in [0.1, 0.15) is 5.75 Å². The number of rotatable bonds is 4. The summed E-state index contributed by atoms with van der Waals surface area (Å²) in [4.78, 5) is 0. The van der Waals surface area contributed by atoms with Crippen molar-refractivity contribution in [2.75, 3.05) is 0 Å². The smallest absolute Gasteiger partial charge is 0.211 e. The van der Waals surface area contributed by atoms with Crippen molar-refractivity contribution in [1.29, 1.82) is 0 Å². The Bertz CT molecular complexity index is 446. The van der Waals surface area contributed by atoms with E-state index in [4.69, 9.17) is 16.2 Å². The number of guanidine groups is 1. The Balaban J connectivity index is 2.00. The molecule has 1 aliphatic rings. The Labute approximate surface area is 107 Å². The maximum Gasteiger partial charge on any atom is 0.211 e. The molecule has 0 amide bonds. The molecule has 18 heavy (non-hydrogen) atoms. The van der Waals surface area contributed by atoms with E-state index in [-0.39, 0.29) is 5.96 Å². The van der Waals surface area contributed by atoms with Crippen LogP contribution in [0.25, 0.3) is 0 Å². The average molecular weight is 246 g/mol. The van der Waals surface area contributed by atoms with Gasteiger partial charge in [-0.2, -0.15) is 5.10 Å². The number of nitrogens with zero attached hydrogens (tertiary/aromatic N) is 2. The maximum atomic E-state index is 5.90. The van der Waals surface area contributed by atoms with E-state index >= 15 is 0 Å². The molecule has 0 saturated heterocycles. The van der Waals surface area contributed by atoms with Crippen molar-refractivity contribution in [3.05, 3.63) is 29.8 Å². The van der Waals surface area contributed by atoms with Crippen molar-refractivity contribution in [3.8, 4) is 5.75 Å². The molecule has 1 saturated carbocycles. The van der Waals surface area contributed by atoms with Crippen LogP contribution in [-0.2, 0) is 0 Å². The summed E-state index contributed by atoms with van der Waals surface area (Å²) in [7, 11) is 0. The third-order valence-electron chi connectivity index (χ3n) is 2.84. The minimum atomic E-state index is -0.0513. The first kappa shape index (κ1) is 12.4. The predicted octanol–water partition coefficient (Wildman–Crippen LogP) is 1.62. The highest BCUT2D eigenvalue weighted by Gasteiger charge is 2.16. The second-order valence-corrected chi connectivity index (χ2v) is 4.37. The molecule has 5 heteroatoms. The molecule has 0 unspecified atom stereocenters. The van der Waals surface area contributed by atoms with Gasteiger partial charge in [-0.1, -0.05) is 12.1 Å². The first-order valence-corrected chi connectivity index (χ1v) is 6.13. The van der Waals surface area contributed by atoms with Crippen LogP contribution in [0.2, 0.25) is 0 Å². The first-order valence-electron chi connectivity index (χ1n) is 6.13. The molecule has 0 aromatic heterocycles. The first-order chi connectivity index (χ1) is 8.74. The summed E-state index contributed by atoms with van der Waals surface area (Å²) in [5.41, 5.74) is 11.3. The molecule has 5 nitrogen and oxygen atoms in total. The molecule has 1 aliphatic carbocycles. The number of benzene rings is 1. The molecule has 0 bridgehead atoms. The van der Waals surface area contributed by atoms with Crippen LogP contribution in [0.4, 0.5) is 0 Å². The summed E-state index contributed by atoms with van der Waals surface area (Å²) in [6.07, 6.45) is 6.77. The van der Waals surface area contributed by atoms with Crippen molar-refractivity contribution in [3.63, 3.8) is 0 Å². The lowest BCUT2D eigenvalue weighted by Crippen LogP contribution is -2.21. The van der Waals surface area contributed by atoms with Crippen molar-refractivity contribution in [1.82, 2.24) is 0 Å². The number of hydrogen-bond donors (Lipinski definition) is 2. The Morgan fingerprint density at radius 3 is 2.78 bits per heavy atom. The zero-order chi connectivity index (χ0) is 12.8. The Kier molecular flexibility index (Phi) is 4.17. The monoisotopic (exact) mass is 246 g/mol. The van der Waals surface area contributed by atoms with Gasteiger partial charge in [0, 0.05) is 0 Å². The molecular weight excluding hydrogens is 228 g/mol. The van der Waals surface area contributed by atoms with Crippen LogP contribution in [0.5, 0.6) is 5.75 Å². The normalized spacial score (nSPS) is 16.0. The van der Waals surface area contributed by atoms with Crippen LogP contribution in [-0.4, -0.2) is 18.3 Å². The third-order valence-corrected chi connectivity index (χ3v) is 2.84. The van der Waals surface area contributed by atoms with E-state index in [2.05, 4.69) is 10.2 Å². The van der Waals surface area contributed by atoms with Gasteiger partial charge in [0.05, 0.1) is 12.3 Å². The molecule has 4 N–H and O–H groups in total. The second-order valence-electron chi connectivity index (χ2n) is 4.37. The molecule has 96 valence electrons. The molecule has 1 aromatic rings. The molecule has 1 fully saturated rings. The van der Waals surface area contributed by atoms with Crippen molar-refractivity contribution in [2.24, 2.45) is 21.7 Å². The lowest BCUT2D eigenvalue weighted by Gasteiger charge is -2.12. The molecule has 0 atom stereocenters. The highest BCUT2D eigenvalue weighted by Crippen LogP contribution is 2.24. The number of ether oxygens (including phenoxy) is 1. The van der Waals surface area contributed by atoms with Crippen LogP contribution in [0.3, 0.4) is 0 Å². The van der Waals surface area contributed by atoms with E-state index in [1.165, 1.54) is 12.8 Å². The van der Waals surface area contributed by atoms with Crippen LogP contribution < -0.4 is 16.2 Å². The van der Waals surface area contributed by atoms with Gasteiger partial charge in [-0.3, -0.25) is 0 Å². The van der Waals surface area contributed by atoms with Gasteiger partial charge in [0.15, 0.2) is 0 Å². The minimum absolute atomic E-state index is 0.0513. The van der Waals surface area contributed by atoms with Gasteiger partial charge >= 0.3 is 0 Å². The van der Waals surface area contributed by atoms with E-state index in [0.29, 0.717) is 6.10 Å². The molecule has 0 spiro atoms. The fraction of sp³-hybridized carbons (Fsp3) is 0.385.